The monoisotopic (exact) mass is 447 g/mol. The SMILES string of the molecule is CC1=C(C/C=C2/C(=O)OC[C@H]2OS(=O)(=O)[O-])[C@]2(C)CC[C@@H](O)[C@@](C)(CO)[C@H]2CC1.[NH4+]. The highest BCUT2D eigenvalue weighted by atomic mass is 32.3. The first-order valence-corrected chi connectivity index (χ1v) is 11.2. The lowest BCUT2D eigenvalue weighted by Gasteiger charge is -2.57. The van der Waals surface area contributed by atoms with E-state index in [0.29, 0.717) is 12.8 Å². The summed E-state index contributed by atoms with van der Waals surface area (Å²) in [6, 6.07) is 0. The van der Waals surface area contributed by atoms with Gasteiger partial charge in [-0.3, -0.25) is 4.18 Å². The smallest absolute Gasteiger partial charge is 0.336 e. The van der Waals surface area contributed by atoms with Crippen LogP contribution in [0.5, 0.6) is 0 Å². The quantitative estimate of drug-likeness (QED) is 0.189. The number of fused-ring (bicyclic) bond motifs is 1. The first-order chi connectivity index (χ1) is 13.4. The van der Waals surface area contributed by atoms with Crippen molar-refractivity contribution in [1.82, 2.24) is 6.15 Å². The molecule has 10 heteroatoms. The summed E-state index contributed by atoms with van der Waals surface area (Å²) in [5.74, 6) is -0.612. The van der Waals surface area contributed by atoms with E-state index in [2.05, 4.69) is 11.1 Å². The van der Waals surface area contributed by atoms with Gasteiger partial charge in [-0.05, 0) is 50.4 Å². The molecule has 0 aromatic carbocycles. The van der Waals surface area contributed by atoms with Crippen LogP contribution in [0.15, 0.2) is 22.8 Å². The molecule has 2 fully saturated rings. The Morgan fingerprint density at radius 2 is 2.00 bits per heavy atom. The Labute approximate surface area is 177 Å². The molecule has 30 heavy (non-hydrogen) atoms. The summed E-state index contributed by atoms with van der Waals surface area (Å²) in [7, 11) is -4.96. The Bertz CT molecular complexity index is 851. The number of rotatable bonds is 5. The van der Waals surface area contributed by atoms with E-state index in [4.69, 9.17) is 4.74 Å². The molecule has 0 unspecified atom stereocenters. The van der Waals surface area contributed by atoms with E-state index in [1.807, 2.05) is 13.8 Å². The van der Waals surface area contributed by atoms with Crippen LogP contribution in [0.3, 0.4) is 0 Å². The number of carbonyl (C=O) groups is 1. The minimum absolute atomic E-state index is 0. The second-order valence-electron chi connectivity index (χ2n) is 8.94. The Balaban J connectivity index is 0.00000320. The van der Waals surface area contributed by atoms with Crippen LogP contribution in [0.2, 0.25) is 0 Å². The summed E-state index contributed by atoms with van der Waals surface area (Å²) in [6.07, 6.45) is 3.18. The lowest BCUT2D eigenvalue weighted by atomic mass is 9.48. The molecule has 0 bridgehead atoms. The van der Waals surface area contributed by atoms with Gasteiger partial charge in [0.1, 0.15) is 12.7 Å². The van der Waals surface area contributed by atoms with Gasteiger partial charge in [0.2, 0.25) is 10.4 Å². The number of quaternary nitrogens is 1. The molecule has 0 aromatic heterocycles. The van der Waals surface area contributed by atoms with E-state index >= 15 is 0 Å². The summed E-state index contributed by atoms with van der Waals surface area (Å²) in [5.41, 5.74) is 1.48. The predicted molar refractivity (Wildman–Crippen MR) is 108 cm³/mol. The van der Waals surface area contributed by atoms with Gasteiger partial charge in [0, 0.05) is 5.41 Å². The molecule has 0 radical (unpaired) electrons. The second-order valence-corrected chi connectivity index (χ2v) is 9.95. The molecule has 9 nitrogen and oxygen atoms in total. The van der Waals surface area contributed by atoms with E-state index in [1.54, 1.807) is 6.08 Å². The maximum absolute atomic E-state index is 12.0. The summed E-state index contributed by atoms with van der Waals surface area (Å²) < 4.78 is 42.2. The summed E-state index contributed by atoms with van der Waals surface area (Å²) in [4.78, 5) is 12.0. The second kappa shape index (κ2) is 8.68. The van der Waals surface area contributed by atoms with Crippen LogP contribution in [0.4, 0.5) is 0 Å². The average molecular weight is 448 g/mol. The molecular formula is C20H33NO8S. The zero-order valence-corrected chi connectivity index (χ0v) is 18.8. The molecule has 0 aromatic rings. The van der Waals surface area contributed by atoms with E-state index in [1.165, 1.54) is 5.57 Å². The van der Waals surface area contributed by atoms with E-state index in [0.717, 1.165) is 24.8 Å². The molecule has 3 rings (SSSR count). The van der Waals surface area contributed by atoms with Crippen molar-refractivity contribution in [2.24, 2.45) is 16.7 Å². The lowest BCUT2D eigenvalue weighted by molar-refractivity contribution is -0.135. The van der Waals surface area contributed by atoms with Crippen molar-refractivity contribution in [2.45, 2.75) is 65.1 Å². The maximum atomic E-state index is 12.0. The van der Waals surface area contributed by atoms with Crippen LogP contribution in [0.1, 0.15) is 52.9 Å². The third kappa shape index (κ3) is 4.35. The first kappa shape index (κ1) is 25.0. The highest BCUT2D eigenvalue weighted by Crippen LogP contribution is 2.60. The van der Waals surface area contributed by atoms with E-state index in [9.17, 15) is 28.0 Å². The fourth-order valence-electron chi connectivity index (χ4n) is 5.64. The Morgan fingerprint density at radius 3 is 2.60 bits per heavy atom. The minimum Gasteiger partial charge on any atom is -0.726 e. The van der Waals surface area contributed by atoms with Gasteiger partial charge in [-0.2, -0.15) is 0 Å². The molecule has 1 aliphatic heterocycles. The molecular weight excluding hydrogens is 414 g/mol. The first-order valence-electron chi connectivity index (χ1n) is 9.91. The number of aliphatic hydroxyl groups excluding tert-OH is 2. The highest BCUT2D eigenvalue weighted by molar-refractivity contribution is 7.80. The van der Waals surface area contributed by atoms with Crippen molar-refractivity contribution in [2.75, 3.05) is 13.2 Å². The van der Waals surface area contributed by atoms with Crippen molar-refractivity contribution >= 4 is 16.4 Å². The molecule has 0 amide bonds. The lowest BCUT2D eigenvalue weighted by Crippen LogP contribution is -2.55. The molecule has 3 aliphatic rings. The molecule has 0 spiro atoms. The van der Waals surface area contributed by atoms with Crippen LogP contribution >= 0.6 is 0 Å². The number of esters is 1. The van der Waals surface area contributed by atoms with E-state index < -0.39 is 34.0 Å². The average Bonchev–Trinajstić information content (AvgIpc) is 2.96. The van der Waals surface area contributed by atoms with Crippen LogP contribution in [0.25, 0.3) is 0 Å². The fraction of sp³-hybridized carbons (Fsp3) is 0.750. The van der Waals surface area contributed by atoms with Crippen molar-refractivity contribution in [3.05, 3.63) is 22.8 Å². The zero-order valence-electron chi connectivity index (χ0n) is 18.0. The molecule has 172 valence electrons. The van der Waals surface area contributed by atoms with Gasteiger partial charge in [0.15, 0.2) is 0 Å². The largest absolute Gasteiger partial charge is 0.726 e. The van der Waals surface area contributed by atoms with Crippen LogP contribution in [-0.4, -0.2) is 54.6 Å². The van der Waals surface area contributed by atoms with Gasteiger partial charge in [-0.15, -0.1) is 0 Å². The molecule has 5 atom stereocenters. The zero-order chi connectivity index (χ0) is 21.6. The highest BCUT2D eigenvalue weighted by Gasteiger charge is 2.55. The number of hydrogen-bond acceptors (Lipinski definition) is 8. The van der Waals surface area contributed by atoms with Gasteiger partial charge in [-0.25, -0.2) is 13.2 Å². The summed E-state index contributed by atoms with van der Waals surface area (Å²) in [5, 5.41) is 20.6. The molecule has 1 heterocycles. The Morgan fingerprint density at radius 1 is 1.33 bits per heavy atom. The van der Waals surface area contributed by atoms with Gasteiger partial charge in [-0.1, -0.05) is 31.1 Å². The molecule has 1 saturated heterocycles. The maximum Gasteiger partial charge on any atom is 0.336 e. The number of hydrogen-bond donors (Lipinski definition) is 3. The third-order valence-corrected chi connectivity index (χ3v) is 7.79. The van der Waals surface area contributed by atoms with Crippen molar-refractivity contribution < 1.29 is 36.9 Å². The minimum atomic E-state index is -4.96. The Kier molecular flexibility index (Phi) is 7.22. The topological polar surface area (TPSA) is 170 Å². The molecule has 1 saturated carbocycles. The van der Waals surface area contributed by atoms with Crippen LogP contribution in [0, 0.1) is 16.7 Å². The van der Waals surface area contributed by atoms with Crippen molar-refractivity contribution in [1.29, 1.82) is 0 Å². The number of ether oxygens (including phenoxy) is 1. The number of carbonyl (C=O) groups excluding carboxylic acids is 1. The fourth-order valence-corrected chi connectivity index (χ4v) is 6.08. The van der Waals surface area contributed by atoms with Crippen molar-refractivity contribution in [3.8, 4) is 0 Å². The molecule has 6 N–H and O–H groups in total. The predicted octanol–water partition coefficient (Wildman–Crippen LogP) is 1.97. The number of cyclic esters (lactones) is 1. The van der Waals surface area contributed by atoms with Crippen LogP contribution in [-0.2, 0) is 24.1 Å². The molecule has 2 aliphatic carbocycles. The summed E-state index contributed by atoms with van der Waals surface area (Å²) in [6.45, 7) is 5.69. The van der Waals surface area contributed by atoms with E-state index in [-0.39, 0.29) is 36.3 Å². The summed E-state index contributed by atoms with van der Waals surface area (Å²) >= 11 is 0. The van der Waals surface area contributed by atoms with Gasteiger partial charge >= 0.3 is 5.97 Å². The Hall–Kier alpha value is -1.30. The van der Waals surface area contributed by atoms with Gasteiger partial charge < -0.3 is 25.7 Å². The number of aliphatic hydroxyl groups is 2. The van der Waals surface area contributed by atoms with Crippen molar-refractivity contribution in [3.63, 3.8) is 0 Å². The standard InChI is InChI=1S/C20H30O8S.H3N/c1-12-4-7-16-19(2,9-8-17(22)20(16,3)11-21)14(12)6-5-13-15(10-27-18(13)23)28-29(24,25)26;/h5,15-17,21-22H,4,6-11H2,1-3H3,(H,24,25,26);1H3/b13-5+;/t15-,16+,17-,19+,20+;/m1./s1. The number of allylic oxidation sites excluding steroid dienone is 3. The van der Waals surface area contributed by atoms with Crippen LogP contribution < -0.4 is 6.15 Å². The van der Waals surface area contributed by atoms with Gasteiger partial charge in [0.25, 0.3) is 0 Å². The third-order valence-electron chi connectivity index (χ3n) is 7.33. The van der Waals surface area contributed by atoms with Gasteiger partial charge in [0.05, 0.1) is 18.3 Å². The normalized spacial score (nSPS) is 38.3.